The summed E-state index contributed by atoms with van der Waals surface area (Å²) in [5, 5.41) is 23.1. The number of aliphatic hydroxyl groups is 2. The van der Waals surface area contributed by atoms with E-state index in [-0.39, 0.29) is 26.4 Å². The number of benzene rings is 1. The van der Waals surface area contributed by atoms with E-state index in [1.54, 1.807) is 52.0 Å². The van der Waals surface area contributed by atoms with E-state index >= 15 is 0 Å². The maximum atomic E-state index is 13.4. The van der Waals surface area contributed by atoms with E-state index in [1.807, 2.05) is 0 Å². The fourth-order valence-electron chi connectivity index (χ4n) is 4.96. The lowest BCUT2D eigenvalue weighted by atomic mass is 9.74. The van der Waals surface area contributed by atoms with Crippen LogP contribution in [0.2, 0.25) is 0 Å². The molecule has 0 unspecified atom stereocenters. The Hall–Kier alpha value is -3.82. The van der Waals surface area contributed by atoms with Crippen LogP contribution in [0.1, 0.15) is 57.1 Å². The van der Waals surface area contributed by atoms with Crippen molar-refractivity contribution < 1.29 is 48.3 Å². The molecule has 2 N–H and O–H groups in total. The molecule has 0 saturated heterocycles. The molecule has 2 aliphatic carbocycles. The molecular formula is C27H32O10. The maximum Gasteiger partial charge on any atom is 0.338 e. The highest BCUT2D eigenvalue weighted by atomic mass is 16.5. The molecule has 3 rings (SSSR count). The smallest absolute Gasteiger partial charge is 0.338 e. The SMILES string of the molecule is CCCOC(=O)C1=C(O)[C@H](C(=O)OCC)[C@H]2c3ccccc3[C@H]1C(C(=O)OCC)=C(O)[C@H]2C(=O)OCC. The molecule has 1 aromatic carbocycles. The standard InChI is InChI=1S/C27H32O10/c1-5-13-37-27(33)21-17-15-12-10-9-11-14(15)16(19(23(21)29)25(31)35-7-3)18(24(30)34-6-2)22(28)20(17)26(32)36-8-4/h9-12,16-19,28-29H,5-8,13H2,1-4H3/t16-,17-,18-,19+/m0/s1. The van der Waals surface area contributed by atoms with E-state index in [4.69, 9.17) is 18.9 Å². The van der Waals surface area contributed by atoms with Gasteiger partial charge >= 0.3 is 23.9 Å². The van der Waals surface area contributed by atoms with Gasteiger partial charge in [-0.2, -0.15) is 0 Å². The van der Waals surface area contributed by atoms with E-state index in [0.717, 1.165) is 0 Å². The molecule has 0 radical (unpaired) electrons. The minimum absolute atomic E-state index is 0.00731. The fraction of sp³-hybridized carbons (Fsp3) is 0.481. The third-order valence-electron chi connectivity index (χ3n) is 6.34. The van der Waals surface area contributed by atoms with Crippen molar-refractivity contribution in [1.29, 1.82) is 0 Å². The van der Waals surface area contributed by atoms with Crippen molar-refractivity contribution >= 4 is 23.9 Å². The molecule has 1 aromatic rings. The molecule has 200 valence electrons. The van der Waals surface area contributed by atoms with Crippen molar-refractivity contribution in [2.24, 2.45) is 11.8 Å². The summed E-state index contributed by atoms with van der Waals surface area (Å²) in [6.07, 6.45) is 0.474. The summed E-state index contributed by atoms with van der Waals surface area (Å²) in [4.78, 5) is 53.2. The second-order valence-electron chi connectivity index (χ2n) is 8.50. The predicted octanol–water partition coefficient (Wildman–Crippen LogP) is 3.38. The second-order valence-corrected chi connectivity index (χ2v) is 8.50. The lowest BCUT2D eigenvalue weighted by Crippen LogP contribution is -2.38. The molecular weight excluding hydrogens is 484 g/mol. The molecule has 0 aromatic heterocycles. The van der Waals surface area contributed by atoms with Gasteiger partial charge in [-0.3, -0.25) is 9.59 Å². The van der Waals surface area contributed by atoms with Crippen LogP contribution >= 0.6 is 0 Å². The van der Waals surface area contributed by atoms with Gasteiger partial charge in [-0.15, -0.1) is 0 Å². The molecule has 2 aliphatic rings. The van der Waals surface area contributed by atoms with Gasteiger partial charge in [-0.05, 0) is 38.3 Å². The Morgan fingerprint density at radius 1 is 0.703 bits per heavy atom. The fourth-order valence-corrected chi connectivity index (χ4v) is 4.96. The van der Waals surface area contributed by atoms with Crippen molar-refractivity contribution in [1.82, 2.24) is 0 Å². The molecule has 0 spiro atoms. The molecule has 0 fully saturated rings. The Morgan fingerprint density at radius 3 is 1.62 bits per heavy atom. The van der Waals surface area contributed by atoms with Crippen molar-refractivity contribution in [2.75, 3.05) is 26.4 Å². The highest BCUT2D eigenvalue weighted by molar-refractivity contribution is 6.01. The Bertz CT molecular complexity index is 1130. The summed E-state index contributed by atoms with van der Waals surface area (Å²) >= 11 is 0. The number of carbonyl (C=O) groups excluding carboxylic acids is 4. The van der Waals surface area contributed by atoms with Gasteiger partial charge in [0.1, 0.15) is 23.4 Å². The Morgan fingerprint density at radius 2 is 1.16 bits per heavy atom. The Balaban J connectivity index is 2.48. The lowest BCUT2D eigenvalue weighted by molar-refractivity contribution is -0.153. The van der Waals surface area contributed by atoms with Gasteiger partial charge in [-0.25, -0.2) is 9.59 Å². The molecule has 0 saturated carbocycles. The Labute approximate surface area is 214 Å². The molecule has 4 atom stereocenters. The summed E-state index contributed by atoms with van der Waals surface area (Å²) in [6.45, 7) is 6.34. The van der Waals surface area contributed by atoms with Gasteiger partial charge in [0, 0.05) is 5.92 Å². The van der Waals surface area contributed by atoms with Crippen LogP contribution in [0.4, 0.5) is 0 Å². The van der Waals surface area contributed by atoms with Crippen molar-refractivity contribution in [3.8, 4) is 0 Å². The van der Waals surface area contributed by atoms with Crippen molar-refractivity contribution in [2.45, 2.75) is 46.0 Å². The first-order chi connectivity index (χ1) is 17.7. The van der Waals surface area contributed by atoms with Crippen LogP contribution in [0, 0.1) is 11.8 Å². The normalized spacial score (nSPS) is 22.5. The molecule has 0 heterocycles. The molecule has 0 aliphatic heterocycles. The summed E-state index contributed by atoms with van der Waals surface area (Å²) in [5.74, 6) is -11.0. The van der Waals surface area contributed by atoms with Gasteiger partial charge in [0.15, 0.2) is 0 Å². The largest absolute Gasteiger partial charge is 0.511 e. The number of rotatable bonds is 9. The number of ether oxygens (including phenoxy) is 4. The van der Waals surface area contributed by atoms with E-state index in [1.165, 1.54) is 0 Å². The maximum absolute atomic E-state index is 13.4. The number of aliphatic hydroxyl groups excluding tert-OH is 2. The third kappa shape index (κ3) is 5.05. The van der Waals surface area contributed by atoms with Crippen LogP contribution in [-0.4, -0.2) is 60.5 Å². The zero-order valence-electron chi connectivity index (χ0n) is 21.3. The molecule has 10 heteroatoms. The van der Waals surface area contributed by atoms with Gasteiger partial charge in [0.25, 0.3) is 0 Å². The minimum Gasteiger partial charge on any atom is -0.511 e. The van der Waals surface area contributed by atoms with E-state index in [2.05, 4.69) is 0 Å². The van der Waals surface area contributed by atoms with Crippen LogP contribution in [0.15, 0.2) is 46.9 Å². The number of hydrogen-bond donors (Lipinski definition) is 2. The average molecular weight is 517 g/mol. The van der Waals surface area contributed by atoms with E-state index in [9.17, 15) is 29.4 Å². The summed E-state index contributed by atoms with van der Waals surface area (Å²) < 4.78 is 21.0. The zero-order chi connectivity index (χ0) is 27.3. The van der Waals surface area contributed by atoms with Gasteiger partial charge < -0.3 is 29.2 Å². The number of carbonyl (C=O) groups is 4. The van der Waals surface area contributed by atoms with Crippen LogP contribution in [-0.2, 0) is 38.1 Å². The summed E-state index contributed by atoms with van der Waals surface area (Å²) in [5.41, 5.74) is -0.125. The van der Waals surface area contributed by atoms with Crippen LogP contribution in [0.5, 0.6) is 0 Å². The Kier molecular flexibility index (Phi) is 8.96. The molecule has 0 amide bonds. The van der Waals surface area contributed by atoms with Gasteiger partial charge in [0.2, 0.25) is 0 Å². The van der Waals surface area contributed by atoms with Crippen LogP contribution in [0.25, 0.3) is 0 Å². The second kappa shape index (κ2) is 11.9. The van der Waals surface area contributed by atoms with Gasteiger partial charge in [0.05, 0.1) is 43.5 Å². The monoisotopic (exact) mass is 516 g/mol. The van der Waals surface area contributed by atoms with Crippen LogP contribution in [0.3, 0.4) is 0 Å². The predicted molar refractivity (Wildman–Crippen MR) is 129 cm³/mol. The van der Waals surface area contributed by atoms with Crippen molar-refractivity contribution in [3.05, 3.63) is 58.1 Å². The number of hydrogen-bond acceptors (Lipinski definition) is 10. The minimum atomic E-state index is -1.57. The zero-order valence-corrected chi connectivity index (χ0v) is 21.3. The molecule has 2 bridgehead atoms. The van der Waals surface area contributed by atoms with Crippen LogP contribution < -0.4 is 0 Å². The average Bonchev–Trinajstić information content (AvgIpc) is 3.03. The first-order valence-corrected chi connectivity index (χ1v) is 12.4. The quantitative estimate of drug-likeness (QED) is 0.370. The topological polar surface area (TPSA) is 146 Å². The van der Waals surface area contributed by atoms with Gasteiger partial charge in [-0.1, -0.05) is 31.2 Å². The first kappa shape index (κ1) is 27.8. The summed E-state index contributed by atoms with van der Waals surface area (Å²) in [6, 6.07) is 6.50. The van der Waals surface area contributed by atoms with E-state index in [0.29, 0.717) is 17.5 Å². The lowest BCUT2D eigenvalue weighted by Gasteiger charge is -2.32. The molecule has 37 heavy (non-hydrogen) atoms. The van der Waals surface area contributed by atoms with E-state index < -0.39 is 70.2 Å². The van der Waals surface area contributed by atoms with Crippen molar-refractivity contribution in [3.63, 3.8) is 0 Å². The highest BCUT2D eigenvalue weighted by Crippen LogP contribution is 2.54. The third-order valence-corrected chi connectivity index (χ3v) is 6.34. The summed E-state index contributed by atoms with van der Waals surface area (Å²) in [7, 11) is 0. The highest BCUT2D eigenvalue weighted by Gasteiger charge is 2.56. The molecule has 10 nitrogen and oxygen atoms in total. The first-order valence-electron chi connectivity index (χ1n) is 12.4. The number of esters is 4.